The van der Waals surface area contributed by atoms with Crippen molar-refractivity contribution in [2.45, 2.75) is 66.8 Å². The van der Waals surface area contributed by atoms with E-state index in [1.807, 2.05) is 13.0 Å². The molecule has 1 aliphatic heterocycles. The molecule has 0 saturated heterocycles. The maximum atomic E-state index is 6.47. The molecule has 0 bridgehead atoms. The Labute approximate surface area is 182 Å². The Kier molecular flexibility index (Phi) is 4.88. The first-order valence-corrected chi connectivity index (χ1v) is 10.9. The molecule has 152 valence electrons. The molecule has 1 aliphatic rings. The van der Waals surface area contributed by atoms with Crippen molar-refractivity contribution >= 4 is 24.7 Å². The summed E-state index contributed by atoms with van der Waals surface area (Å²) in [5, 5.41) is 2.51. The first-order chi connectivity index (χ1) is 14.0. The zero-order valence-corrected chi connectivity index (χ0v) is 19.5. The van der Waals surface area contributed by atoms with Crippen LogP contribution in [0.2, 0.25) is 0 Å². The fourth-order valence-corrected chi connectivity index (χ4v) is 4.94. The van der Waals surface area contributed by atoms with Crippen LogP contribution in [0.3, 0.4) is 0 Å². The summed E-state index contributed by atoms with van der Waals surface area (Å²) in [4.78, 5) is 0. The van der Waals surface area contributed by atoms with Crippen molar-refractivity contribution in [2.75, 3.05) is 0 Å². The zero-order chi connectivity index (χ0) is 22.0. The average molecular weight is 394 g/mol. The van der Waals surface area contributed by atoms with E-state index in [1.165, 1.54) is 60.8 Å². The van der Waals surface area contributed by atoms with E-state index in [1.54, 1.807) is 0 Å². The van der Waals surface area contributed by atoms with Gasteiger partial charge >= 0.3 is 0 Å². The molecule has 0 N–H and O–H groups in total. The van der Waals surface area contributed by atoms with Gasteiger partial charge in [0.2, 0.25) is 0 Å². The molecular formula is C28H31BO. The molecule has 3 aromatic rings. The van der Waals surface area contributed by atoms with Gasteiger partial charge in [0.1, 0.15) is 13.6 Å². The molecule has 0 amide bonds. The highest BCUT2D eigenvalue weighted by molar-refractivity contribution is 6.17. The molecule has 0 aromatic heterocycles. The molecule has 2 radical (unpaired) electrons. The van der Waals surface area contributed by atoms with E-state index < -0.39 is 5.50 Å². The Hall–Kier alpha value is -2.48. The zero-order valence-electron chi connectivity index (χ0n) is 19.5. The Morgan fingerprint density at radius 2 is 1.47 bits per heavy atom. The maximum absolute atomic E-state index is 6.47. The van der Waals surface area contributed by atoms with Gasteiger partial charge in [-0.25, -0.2) is 0 Å². The van der Waals surface area contributed by atoms with Crippen LogP contribution in [-0.2, 0) is 0 Å². The topological polar surface area (TPSA) is 9.23 Å². The molecule has 0 saturated carbocycles. The van der Waals surface area contributed by atoms with Crippen LogP contribution in [0.1, 0.15) is 65.6 Å². The van der Waals surface area contributed by atoms with Crippen LogP contribution in [0.5, 0.6) is 5.75 Å². The first kappa shape index (κ1) is 20.8. The third kappa shape index (κ3) is 3.00. The van der Waals surface area contributed by atoms with Crippen molar-refractivity contribution in [2.24, 2.45) is 0 Å². The van der Waals surface area contributed by atoms with Crippen molar-refractivity contribution < 1.29 is 4.74 Å². The molecule has 0 fully saturated rings. The summed E-state index contributed by atoms with van der Waals surface area (Å²) in [6.45, 7) is 17.6. The normalized spacial score (nSPS) is 18.0. The van der Waals surface area contributed by atoms with Gasteiger partial charge < -0.3 is 4.74 Å². The van der Waals surface area contributed by atoms with Crippen LogP contribution < -0.4 is 4.74 Å². The van der Waals surface area contributed by atoms with Crippen molar-refractivity contribution in [3.63, 3.8) is 0 Å². The van der Waals surface area contributed by atoms with E-state index in [0.29, 0.717) is 5.92 Å². The highest BCUT2D eigenvalue weighted by atomic mass is 16.5. The average Bonchev–Trinajstić information content (AvgIpc) is 2.68. The fourth-order valence-electron chi connectivity index (χ4n) is 4.94. The van der Waals surface area contributed by atoms with Crippen molar-refractivity contribution in [1.82, 2.24) is 0 Å². The molecule has 2 heteroatoms. The Balaban J connectivity index is 2.35. The van der Waals surface area contributed by atoms with Gasteiger partial charge in [-0.1, -0.05) is 50.3 Å². The fraction of sp³-hybridized carbons (Fsp3) is 0.357. The number of hydrogen-bond donors (Lipinski definition) is 0. The van der Waals surface area contributed by atoms with Crippen LogP contribution in [0.25, 0.3) is 28.0 Å². The summed E-state index contributed by atoms with van der Waals surface area (Å²) >= 11 is 0. The molecule has 4 rings (SSSR count). The van der Waals surface area contributed by atoms with E-state index in [0.717, 1.165) is 5.75 Å². The molecule has 0 aliphatic carbocycles. The standard InChI is InChI=1S/C28H31BO/c1-15(2)23-22-13-14-28(8,29)30-27(22)25-20(7)18(5)17(4)19(6)24(25)26(23)21-12-10-9-11-16(21)3/h9-15H,1-8H3. The lowest BCUT2D eigenvalue weighted by atomic mass is 9.75. The van der Waals surface area contributed by atoms with E-state index >= 15 is 0 Å². The number of benzene rings is 3. The molecule has 1 nitrogen and oxygen atoms in total. The van der Waals surface area contributed by atoms with Gasteiger partial charge in [-0.3, -0.25) is 0 Å². The number of fused-ring (bicyclic) bond motifs is 3. The van der Waals surface area contributed by atoms with Gasteiger partial charge in [0.15, 0.2) is 0 Å². The van der Waals surface area contributed by atoms with Crippen LogP contribution in [0.15, 0.2) is 30.3 Å². The summed E-state index contributed by atoms with van der Waals surface area (Å²) in [5.74, 6) is 1.27. The number of ether oxygens (including phenoxy) is 1. The second-order valence-electron chi connectivity index (χ2n) is 9.37. The molecule has 1 heterocycles. The number of aryl methyl sites for hydroxylation is 3. The van der Waals surface area contributed by atoms with Gasteiger partial charge in [0, 0.05) is 10.9 Å². The Morgan fingerprint density at radius 3 is 2.07 bits per heavy atom. The van der Waals surface area contributed by atoms with Gasteiger partial charge in [-0.2, -0.15) is 0 Å². The Morgan fingerprint density at radius 1 is 0.867 bits per heavy atom. The van der Waals surface area contributed by atoms with Gasteiger partial charge in [0.05, 0.1) is 5.50 Å². The minimum atomic E-state index is -0.808. The minimum absolute atomic E-state index is 0.342. The highest BCUT2D eigenvalue weighted by Crippen LogP contribution is 2.51. The van der Waals surface area contributed by atoms with Gasteiger partial charge in [-0.15, -0.1) is 0 Å². The van der Waals surface area contributed by atoms with Crippen molar-refractivity contribution in [1.29, 1.82) is 0 Å². The third-order valence-electron chi connectivity index (χ3n) is 6.86. The van der Waals surface area contributed by atoms with Gasteiger partial charge in [-0.05, 0) is 97.4 Å². The molecular weight excluding hydrogens is 363 g/mol. The van der Waals surface area contributed by atoms with Crippen LogP contribution >= 0.6 is 0 Å². The maximum Gasteiger partial charge on any atom is 0.137 e. The largest absolute Gasteiger partial charge is 0.492 e. The summed E-state index contributed by atoms with van der Waals surface area (Å²) in [5.41, 5.74) is 10.9. The van der Waals surface area contributed by atoms with Crippen LogP contribution in [0.4, 0.5) is 0 Å². The predicted octanol–water partition coefficient (Wildman–Crippen LogP) is 7.46. The lowest BCUT2D eigenvalue weighted by molar-refractivity contribution is 0.227. The second-order valence-corrected chi connectivity index (χ2v) is 9.37. The first-order valence-electron chi connectivity index (χ1n) is 10.9. The number of hydrogen-bond acceptors (Lipinski definition) is 1. The van der Waals surface area contributed by atoms with Crippen LogP contribution in [-0.4, -0.2) is 13.3 Å². The smallest absolute Gasteiger partial charge is 0.137 e. The minimum Gasteiger partial charge on any atom is -0.492 e. The van der Waals surface area contributed by atoms with Gasteiger partial charge in [0.25, 0.3) is 0 Å². The quantitative estimate of drug-likeness (QED) is 0.410. The molecule has 1 unspecified atom stereocenters. The second kappa shape index (κ2) is 7.05. The van der Waals surface area contributed by atoms with Crippen molar-refractivity contribution in [3.05, 3.63) is 69.3 Å². The predicted molar refractivity (Wildman–Crippen MR) is 131 cm³/mol. The number of rotatable bonds is 2. The van der Waals surface area contributed by atoms with E-state index in [2.05, 4.69) is 78.8 Å². The SMILES string of the molecule is [B]C1(C)C=Cc2c(C(C)C)c(-c3ccccc3C)c3c(C)c(C)c(C)c(C)c3c2O1. The highest BCUT2D eigenvalue weighted by Gasteiger charge is 2.31. The van der Waals surface area contributed by atoms with E-state index in [4.69, 9.17) is 12.6 Å². The monoisotopic (exact) mass is 394 g/mol. The van der Waals surface area contributed by atoms with Crippen LogP contribution in [0, 0.1) is 34.6 Å². The lowest BCUT2D eigenvalue weighted by Crippen LogP contribution is -2.32. The molecule has 3 aromatic carbocycles. The molecule has 1 atom stereocenters. The molecule has 0 spiro atoms. The third-order valence-corrected chi connectivity index (χ3v) is 6.86. The summed E-state index contributed by atoms with van der Waals surface area (Å²) in [6.07, 6.45) is 4.16. The van der Waals surface area contributed by atoms with E-state index in [-0.39, 0.29) is 0 Å². The van der Waals surface area contributed by atoms with Crippen molar-refractivity contribution in [3.8, 4) is 16.9 Å². The Bertz CT molecular complexity index is 1210. The summed E-state index contributed by atoms with van der Waals surface area (Å²) in [7, 11) is 6.43. The lowest BCUT2D eigenvalue weighted by Gasteiger charge is -2.34. The van der Waals surface area contributed by atoms with E-state index in [9.17, 15) is 0 Å². The summed E-state index contributed by atoms with van der Waals surface area (Å²) in [6, 6.07) is 8.72. The summed E-state index contributed by atoms with van der Waals surface area (Å²) < 4.78 is 6.47. The molecule has 30 heavy (non-hydrogen) atoms.